The summed E-state index contributed by atoms with van der Waals surface area (Å²) in [5, 5.41) is 0. The highest BCUT2D eigenvalue weighted by atomic mass is 127. The Morgan fingerprint density at radius 1 is 1.21 bits per heavy atom. The van der Waals surface area contributed by atoms with Crippen LogP contribution in [0.5, 0.6) is 0 Å². The lowest BCUT2D eigenvalue weighted by Crippen LogP contribution is -2.11. The molecule has 0 radical (unpaired) electrons. The largest absolute Gasteiger partial charge is 0.0777 e. The Bertz CT molecular complexity index is 324. The Morgan fingerprint density at radius 2 is 1.79 bits per heavy atom. The molecule has 0 amide bonds. The number of benzene rings is 1. The molecule has 0 saturated heterocycles. The first kappa shape index (κ1) is 12.5. The molecule has 0 aliphatic carbocycles. The number of alkyl halides is 1. The molecule has 0 aromatic heterocycles. The molecule has 1 aromatic rings. The molecule has 14 heavy (non-hydrogen) atoms. The fourth-order valence-electron chi connectivity index (χ4n) is 1.28. The van der Waals surface area contributed by atoms with Crippen LogP contribution in [0.2, 0.25) is 0 Å². The molecule has 0 bridgehead atoms. The first-order chi connectivity index (χ1) is 6.30. The number of halogens is 2. The van der Waals surface area contributed by atoms with E-state index >= 15 is 0 Å². The maximum atomic E-state index is 3.57. The van der Waals surface area contributed by atoms with Crippen LogP contribution >= 0.6 is 38.5 Å². The summed E-state index contributed by atoms with van der Waals surface area (Å²) in [5.41, 5.74) is 3.01. The van der Waals surface area contributed by atoms with E-state index in [9.17, 15) is 0 Å². The van der Waals surface area contributed by atoms with Gasteiger partial charge in [-0.15, -0.1) is 0 Å². The summed E-state index contributed by atoms with van der Waals surface area (Å²) in [6, 6.07) is 6.72. The summed E-state index contributed by atoms with van der Waals surface area (Å²) < 4.78 is 1.75. The van der Waals surface area contributed by atoms with Gasteiger partial charge in [0, 0.05) is 8.40 Å². The Balaban J connectivity index is 3.21. The summed E-state index contributed by atoms with van der Waals surface area (Å²) in [7, 11) is 0. The number of hydrogen-bond acceptors (Lipinski definition) is 0. The molecular formula is C12H16BrI. The first-order valence-corrected chi connectivity index (χ1v) is 6.79. The monoisotopic (exact) mass is 366 g/mol. The third-order valence-corrected chi connectivity index (χ3v) is 3.42. The second-order valence-electron chi connectivity index (χ2n) is 4.64. The van der Waals surface area contributed by atoms with Gasteiger partial charge in [-0.05, 0) is 35.6 Å². The quantitative estimate of drug-likeness (QED) is 0.470. The summed E-state index contributed by atoms with van der Waals surface area (Å²) >= 11 is 6.02. The summed E-state index contributed by atoms with van der Waals surface area (Å²) in [4.78, 5) is 0. The zero-order chi connectivity index (χ0) is 10.9. The molecule has 0 N–H and O–H groups in total. The van der Waals surface area contributed by atoms with Crippen molar-refractivity contribution in [2.24, 2.45) is 0 Å². The third-order valence-electron chi connectivity index (χ3n) is 2.25. The van der Waals surface area contributed by atoms with Crippen LogP contribution in [0.1, 0.15) is 42.7 Å². The molecule has 0 aliphatic heterocycles. The van der Waals surface area contributed by atoms with Crippen LogP contribution in [0.25, 0.3) is 0 Å². The van der Waals surface area contributed by atoms with E-state index in [0.29, 0.717) is 3.92 Å². The Kier molecular flexibility index (Phi) is 4.03. The van der Waals surface area contributed by atoms with Crippen molar-refractivity contribution in [1.82, 2.24) is 0 Å². The fourth-order valence-corrected chi connectivity index (χ4v) is 2.15. The van der Waals surface area contributed by atoms with Gasteiger partial charge in [0.15, 0.2) is 0 Å². The van der Waals surface area contributed by atoms with Crippen molar-refractivity contribution in [2.75, 3.05) is 0 Å². The molecule has 1 atom stereocenters. The van der Waals surface area contributed by atoms with Gasteiger partial charge >= 0.3 is 0 Å². The molecule has 0 fully saturated rings. The molecule has 2 heteroatoms. The maximum absolute atomic E-state index is 3.57. The average molecular weight is 367 g/mol. The lowest BCUT2D eigenvalue weighted by Gasteiger charge is -2.21. The van der Waals surface area contributed by atoms with Crippen LogP contribution in [0.4, 0.5) is 0 Å². The molecule has 0 aliphatic rings. The van der Waals surface area contributed by atoms with Gasteiger partial charge in [-0.3, -0.25) is 0 Å². The van der Waals surface area contributed by atoms with E-state index in [0.717, 1.165) is 0 Å². The SMILES string of the molecule is CC(I)c1cc(Br)cc(C(C)(C)C)c1. The highest BCUT2D eigenvalue weighted by molar-refractivity contribution is 14.1. The minimum Gasteiger partial charge on any atom is -0.0777 e. The molecule has 0 nitrogen and oxygen atoms in total. The molecule has 1 aromatic carbocycles. The van der Waals surface area contributed by atoms with Gasteiger partial charge in [0.05, 0.1) is 0 Å². The highest BCUT2D eigenvalue weighted by Crippen LogP contribution is 2.31. The van der Waals surface area contributed by atoms with Gasteiger partial charge in [0.2, 0.25) is 0 Å². The zero-order valence-electron chi connectivity index (χ0n) is 9.07. The number of hydrogen-bond donors (Lipinski definition) is 0. The predicted molar refractivity (Wildman–Crippen MR) is 75.3 cm³/mol. The lowest BCUT2D eigenvalue weighted by molar-refractivity contribution is 0.589. The predicted octanol–water partition coefficient (Wildman–Crippen LogP) is 5.24. The molecule has 0 heterocycles. The van der Waals surface area contributed by atoms with Gasteiger partial charge in [-0.2, -0.15) is 0 Å². The smallest absolute Gasteiger partial charge is 0.0331 e. The van der Waals surface area contributed by atoms with Gasteiger partial charge in [0.25, 0.3) is 0 Å². The van der Waals surface area contributed by atoms with Gasteiger partial charge in [-0.25, -0.2) is 0 Å². The Hall–Kier alpha value is 0.430. The molecular weight excluding hydrogens is 351 g/mol. The summed E-state index contributed by atoms with van der Waals surface area (Å²) in [6.07, 6.45) is 0. The van der Waals surface area contributed by atoms with Gasteiger partial charge in [-0.1, -0.05) is 65.4 Å². The standard InChI is InChI=1S/C12H16BrI/c1-8(14)9-5-10(12(2,3)4)7-11(13)6-9/h5-8H,1-4H3. The average Bonchev–Trinajstić information content (AvgIpc) is 2.01. The highest BCUT2D eigenvalue weighted by Gasteiger charge is 2.15. The summed E-state index contributed by atoms with van der Waals surface area (Å²) in [6.45, 7) is 8.96. The van der Waals surface area contributed by atoms with Crippen LogP contribution in [0.15, 0.2) is 22.7 Å². The second-order valence-corrected chi connectivity index (χ2v) is 7.42. The van der Waals surface area contributed by atoms with Crippen molar-refractivity contribution in [3.63, 3.8) is 0 Å². The minimum absolute atomic E-state index is 0.226. The van der Waals surface area contributed by atoms with Crippen LogP contribution in [-0.4, -0.2) is 0 Å². The second kappa shape index (κ2) is 4.52. The van der Waals surface area contributed by atoms with E-state index in [1.807, 2.05) is 0 Å². The van der Waals surface area contributed by atoms with Gasteiger partial charge in [0.1, 0.15) is 0 Å². The van der Waals surface area contributed by atoms with Crippen molar-refractivity contribution >= 4 is 38.5 Å². The third kappa shape index (κ3) is 3.23. The van der Waals surface area contributed by atoms with Crippen molar-refractivity contribution in [1.29, 1.82) is 0 Å². The number of rotatable bonds is 1. The van der Waals surface area contributed by atoms with Crippen LogP contribution < -0.4 is 0 Å². The van der Waals surface area contributed by atoms with Crippen molar-refractivity contribution < 1.29 is 0 Å². The summed E-state index contributed by atoms with van der Waals surface area (Å²) in [5.74, 6) is 0. The molecule has 0 spiro atoms. The fraction of sp³-hybridized carbons (Fsp3) is 0.500. The van der Waals surface area contributed by atoms with E-state index in [4.69, 9.17) is 0 Å². The Morgan fingerprint density at radius 3 is 2.21 bits per heavy atom. The normalized spacial score (nSPS) is 14.1. The molecule has 1 rings (SSSR count). The van der Waals surface area contributed by atoms with Gasteiger partial charge < -0.3 is 0 Å². The molecule has 78 valence electrons. The Labute approximate surface area is 109 Å². The van der Waals surface area contributed by atoms with E-state index in [-0.39, 0.29) is 5.41 Å². The molecule has 0 saturated carbocycles. The minimum atomic E-state index is 0.226. The molecule has 1 unspecified atom stereocenters. The van der Waals surface area contributed by atoms with E-state index in [2.05, 4.69) is 84.4 Å². The van der Waals surface area contributed by atoms with Crippen molar-refractivity contribution in [2.45, 2.75) is 37.0 Å². The first-order valence-electron chi connectivity index (χ1n) is 4.76. The maximum Gasteiger partial charge on any atom is 0.0331 e. The topological polar surface area (TPSA) is 0 Å². The van der Waals surface area contributed by atoms with Crippen LogP contribution in [0, 0.1) is 0 Å². The lowest BCUT2D eigenvalue weighted by atomic mass is 9.86. The van der Waals surface area contributed by atoms with Crippen molar-refractivity contribution in [3.8, 4) is 0 Å². The zero-order valence-corrected chi connectivity index (χ0v) is 12.8. The van der Waals surface area contributed by atoms with E-state index < -0.39 is 0 Å². The van der Waals surface area contributed by atoms with Crippen LogP contribution in [0.3, 0.4) is 0 Å². The van der Waals surface area contributed by atoms with Crippen molar-refractivity contribution in [3.05, 3.63) is 33.8 Å². The van der Waals surface area contributed by atoms with E-state index in [1.54, 1.807) is 0 Å². The van der Waals surface area contributed by atoms with Crippen LogP contribution in [-0.2, 0) is 5.41 Å². The van der Waals surface area contributed by atoms with E-state index in [1.165, 1.54) is 15.6 Å².